The van der Waals surface area contributed by atoms with Gasteiger partial charge in [0.15, 0.2) is 5.82 Å². The number of aryl methyl sites for hydroxylation is 1. The smallest absolute Gasteiger partial charge is 0.248 e. The quantitative estimate of drug-likeness (QED) is 0.536. The molecule has 0 radical (unpaired) electrons. The minimum absolute atomic E-state index is 0.151. The lowest BCUT2D eigenvalue weighted by Crippen LogP contribution is -2.08. The fourth-order valence-electron chi connectivity index (χ4n) is 2.51. The zero-order valence-electron chi connectivity index (χ0n) is 14.1. The van der Waals surface area contributed by atoms with Gasteiger partial charge in [0.2, 0.25) is 10.9 Å². The second-order valence-electron chi connectivity index (χ2n) is 5.72. The molecule has 0 atom stereocenters. The molecule has 4 rings (SSSR count). The molecule has 1 amide bonds. The Morgan fingerprint density at radius 1 is 1.23 bits per heavy atom. The van der Waals surface area contributed by atoms with E-state index in [1.165, 1.54) is 11.3 Å². The maximum atomic E-state index is 12.3. The van der Waals surface area contributed by atoms with Gasteiger partial charge in [-0.25, -0.2) is 0 Å². The number of hydrogen-bond donors (Lipinski definition) is 1. The average Bonchev–Trinajstić information content (AvgIpc) is 3.34. The van der Waals surface area contributed by atoms with E-state index in [9.17, 15) is 4.79 Å². The molecule has 3 aromatic heterocycles. The lowest BCUT2D eigenvalue weighted by molar-refractivity contribution is -0.111. The predicted molar refractivity (Wildman–Crippen MR) is 105 cm³/mol. The first-order valence-corrected chi connectivity index (χ1v) is 9.62. The molecule has 0 aliphatic rings. The molecular weight excluding hydrogens is 366 g/mol. The topological polar surface area (TPSA) is 72.2 Å². The van der Waals surface area contributed by atoms with Crippen LogP contribution in [0.3, 0.4) is 0 Å². The van der Waals surface area contributed by atoms with E-state index in [1.807, 2.05) is 55.6 Å². The van der Waals surface area contributed by atoms with Gasteiger partial charge in [-0.3, -0.25) is 4.79 Å². The van der Waals surface area contributed by atoms with Crippen LogP contribution in [0.1, 0.15) is 17.6 Å². The maximum Gasteiger partial charge on any atom is 0.248 e. The monoisotopic (exact) mass is 381 g/mol. The van der Waals surface area contributed by atoms with Crippen molar-refractivity contribution in [3.8, 4) is 10.6 Å². The molecule has 26 heavy (non-hydrogen) atoms. The third-order valence-electron chi connectivity index (χ3n) is 3.78. The molecule has 0 aliphatic carbocycles. The highest BCUT2D eigenvalue weighted by atomic mass is 32.1. The third kappa shape index (κ3) is 3.29. The van der Waals surface area contributed by atoms with Gasteiger partial charge in [0.1, 0.15) is 5.01 Å². The minimum Gasteiger partial charge on any atom is -0.322 e. The molecule has 4 aromatic rings. The van der Waals surface area contributed by atoms with Crippen LogP contribution in [0.4, 0.5) is 5.69 Å². The van der Waals surface area contributed by atoms with Crippen LogP contribution in [0.15, 0.2) is 47.9 Å². The molecule has 3 heterocycles. The Kier molecular flexibility index (Phi) is 4.36. The highest BCUT2D eigenvalue weighted by Crippen LogP contribution is 2.27. The van der Waals surface area contributed by atoms with E-state index in [0.717, 1.165) is 37.5 Å². The van der Waals surface area contributed by atoms with Crippen molar-refractivity contribution < 1.29 is 4.79 Å². The molecule has 0 unspecified atom stereocenters. The number of amides is 1. The van der Waals surface area contributed by atoms with Crippen molar-refractivity contribution in [3.05, 3.63) is 58.6 Å². The van der Waals surface area contributed by atoms with Gasteiger partial charge in [-0.15, -0.1) is 21.5 Å². The van der Waals surface area contributed by atoms with Crippen LogP contribution in [0, 0.1) is 6.92 Å². The second kappa shape index (κ2) is 6.81. The number of hydrogen-bond acceptors (Lipinski definition) is 6. The number of carbonyl (C=O) groups is 1. The van der Waals surface area contributed by atoms with Gasteiger partial charge in [-0.05, 0) is 43.0 Å². The lowest BCUT2D eigenvalue weighted by Gasteiger charge is -2.05. The van der Waals surface area contributed by atoms with Crippen molar-refractivity contribution >= 4 is 44.8 Å². The third-order valence-corrected chi connectivity index (χ3v) is 5.73. The number of nitrogens with zero attached hydrogens (tertiary/aromatic N) is 4. The zero-order valence-corrected chi connectivity index (χ0v) is 15.8. The molecule has 0 spiro atoms. The number of carbonyl (C=O) groups excluding carboxylic acids is 1. The highest BCUT2D eigenvalue weighted by molar-refractivity contribution is 7.19. The van der Waals surface area contributed by atoms with Crippen molar-refractivity contribution in [1.82, 2.24) is 19.8 Å². The normalized spacial score (nSPS) is 11.8. The van der Waals surface area contributed by atoms with Crippen LogP contribution >= 0.6 is 22.7 Å². The first-order chi connectivity index (χ1) is 12.6. The van der Waals surface area contributed by atoms with Gasteiger partial charge < -0.3 is 5.32 Å². The Morgan fingerprint density at radius 2 is 2.12 bits per heavy atom. The number of thiophene rings is 1. The van der Waals surface area contributed by atoms with E-state index in [1.54, 1.807) is 21.9 Å². The summed E-state index contributed by atoms with van der Waals surface area (Å²) in [7, 11) is 0. The summed E-state index contributed by atoms with van der Waals surface area (Å²) in [6.07, 6.45) is 1.62. The minimum atomic E-state index is -0.151. The Morgan fingerprint density at radius 3 is 2.88 bits per heavy atom. The molecule has 0 fully saturated rings. The second-order valence-corrected chi connectivity index (χ2v) is 7.63. The van der Waals surface area contributed by atoms with Crippen molar-refractivity contribution in [2.75, 3.05) is 5.32 Å². The summed E-state index contributed by atoms with van der Waals surface area (Å²) in [5.74, 6) is 0.600. The van der Waals surface area contributed by atoms with E-state index >= 15 is 0 Å². The molecule has 0 saturated carbocycles. The summed E-state index contributed by atoms with van der Waals surface area (Å²) in [4.78, 5) is 14.1. The molecule has 0 aliphatic heterocycles. The summed E-state index contributed by atoms with van der Waals surface area (Å²) < 4.78 is 1.72. The van der Waals surface area contributed by atoms with Crippen LogP contribution in [-0.4, -0.2) is 25.7 Å². The number of aromatic nitrogens is 4. The lowest BCUT2D eigenvalue weighted by atomic mass is 10.2. The van der Waals surface area contributed by atoms with Crippen LogP contribution in [0.5, 0.6) is 0 Å². The summed E-state index contributed by atoms with van der Waals surface area (Å²) in [5, 5.41) is 18.4. The van der Waals surface area contributed by atoms with Crippen LogP contribution in [0.25, 0.3) is 21.1 Å². The Balaban J connectivity index is 1.55. The van der Waals surface area contributed by atoms with Crippen molar-refractivity contribution in [2.24, 2.45) is 0 Å². The first-order valence-electron chi connectivity index (χ1n) is 7.92. The fraction of sp³-hybridized carbons (Fsp3) is 0.111. The highest BCUT2D eigenvalue weighted by Gasteiger charge is 2.11. The van der Waals surface area contributed by atoms with E-state index in [-0.39, 0.29) is 5.91 Å². The van der Waals surface area contributed by atoms with E-state index in [4.69, 9.17) is 0 Å². The van der Waals surface area contributed by atoms with E-state index in [0.29, 0.717) is 0 Å². The van der Waals surface area contributed by atoms with E-state index < -0.39 is 0 Å². The Hall–Kier alpha value is -2.84. The van der Waals surface area contributed by atoms with Crippen molar-refractivity contribution in [1.29, 1.82) is 0 Å². The number of fused-ring (bicyclic) bond motifs is 1. The molecule has 1 aromatic carbocycles. The van der Waals surface area contributed by atoms with Gasteiger partial charge in [0.05, 0.1) is 0 Å². The van der Waals surface area contributed by atoms with Crippen molar-refractivity contribution in [2.45, 2.75) is 13.8 Å². The van der Waals surface area contributed by atoms with Gasteiger partial charge >= 0.3 is 0 Å². The molecule has 6 nitrogen and oxygen atoms in total. The van der Waals surface area contributed by atoms with Crippen LogP contribution in [-0.2, 0) is 4.79 Å². The largest absolute Gasteiger partial charge is 0.322 e. The summed E-state index contributed by atoms with van der Waals surface area (Å²) in [6.45, 7) is 3.80. The van der Waals surface area contributed by atoms with Gasteiger partial charge in [0, 0.05) is 22.2 Å². The molecular formula is C18H15N5OS2. The maximum absolute atomic E-state index is 12.3. The number of nitrogens with one attached hydrogen (secondary N) is 1. The average molecular weight is 381 g/mol. The summed E-state index contributed by atoms with van der Waals surface area (Å²) >= 11 is 3.08. The Bertz CT molecular complexity index is 1110. The molecule has 1 N–H and O–H groups in total. The standard InChI is InChI=1S/C18H15N5OS2/c1-11(15-7-4-8-25-15)9-16(24)19-14-6-3-5-13(10-14)17-22-23-12(2)20-21-18(23)26-17/h3-10H,1-2H3,(H,19,24). The van der Waals surface area contributed by atoms with E-state index in [2.05, 4.69) is 20.6 Å². The number of benzene rings is 1. The molecule has 0 bridgehead atoms. The van der Waals surface area contributed by atoms with Crippen LogP contribution < -0.4 is 5.32 Å². The van der Waals surface area contributed by atoms with Gasteiger partial charge in [0.25, 0.3) is 0 Å². The zero-order chi connectivity index (χ0) is 18.1. The van der Waals surface area contributed by atoms with Gasteiger partial charge in [-0.2, -0.15) is 9.61 Å². The van der Waals surface area contributed by atoms with Crippen LogP contribution in [0.2, 0.25) is 0 Å². The number of anilines is 1. The summed E-state index contributed by atoms with van der Waals surface area (Å²) in [6, 6.07) is 11.6. The SMILES string of the molecule is CC(=CC(=O)Nc1cccc(-c2nn3c(C)nnc3s2)c1)c1cccs1. The molecule has 0 saturated heterocycles. The van der Waals surface area contributed by atoms with Crippen molar-refractivity contribution in [3.63, 3.8) is 0 Å². The number of allylic oxidation sites excluding steroid dienone is 1. The molecule has 130 valence electrons. The fourth-order valence-corrected chi connectivity index (χ4v) is 4.10. The van der Waals surface area contributed by atoms with Gasteiger partial charge in [-0.1, -0.05) is 29.5 Å². The predicted octanol–water partition coefficient (Wildman–Crippen LogP) is 4.26. The number of rotatable bonds is 4. The summed E-state index contributed by atoms with van der Waals surface area (Å²) in [5.41, 5.74) is 2.60. The first kappa shape index (κ1) is 16.6. The Labute approximate surface area is 157 Å². The molecule has 8 heteroatoms.